The first kappa shape index (κ1) is 35.7. The average molecular weight is 697 g/mol. The Labute approximate surface area is 271 Å². The van der Waals surface area contributed by atoms with Crippen LogP contribution in [0.5, 0.6) is 0 Å². The summed E-state index contributed by atoms with van der Waals surface area (Å²) in [4.78, 5) is 54.6. The van der Waals surface area contributed by atoms with Gasteiger partial charge >= 0.3 is 24.1 Å². The summed E-state index contributed by atoms with van der Waals surface area (Å²) in [5.41, 5.74) is 2.95. The van der Waals surface area contributed by atoms with E-state index in [-0.39, 0.29) is 42.5 Å². The van der Waals surface area contributed by atoms with Crippen LogP contribution in [0.3, 0.4) is 0 Å². The van der Waals surface area contributed by atoms with Crippen molar-refractivity contribution >= 4 is 51.5 Å². The molecule has 0 bridgehead atoms. The highest BCUT2D eigenvalue weighted by Gasteiger charge is 2.41. The fourth-order valence-corrected chi connectivity index (χ4v) is 5.55. The molecule has 1 aromatic heterocycles. The van der Waals surface area contributed by atoms with Crippen molar-refractivity contribution in [3.8, 4) is 0 Å². The van der Waals surface area contributed by atoms with E-state index in [4.69, 9.17) is 19.9 Å². The van der Waals surface area contributed by atoms with E-state index in [1.54, 1.807) is 48.5 Å². The summed E-state index contributed by atoms with van der Waals surface area (Å²) in [6.07, 6.45) is 0.543. The topological polar surface area (TPSA) is 154 Å². The molecule has 0 aliphatic carbocycles. The zero-order valence-electron chi connectivity index (χ0n) is 27.1. The number of aromatic nitrogens is 1. The Balaban J connectivity index is 2.34. The molecule has 3 rings (SSSR count). The molecule has 0 spiro atoms. The minimum atomic E-state index is -1.03. The van der Waals surface area contributed by atoms with Crippen LogP contribution >= 0.6 is 15.9 Å². The highest BCUT2D eigenvalue weighted by atomic mass is 79.9. The molecule has 0 radical (unpaired) electrons. The molecule has 4 N–H and O–H groups in total. The van der Waals surface area contributed by atoms with Crippen LogP contribution in [0.2, 0.25) is 0 Å². The van der Waals surface area contributed by atoms with Crippen LogP contribution in [0.4, 0.5) is 25.5 Å². The van der Waals surface area contributed by atoms with E-state index in [1.165, 1.54) is 22.8 Å². The molecule has 248 valence electrons. The summed E-state index contributed by atoms with van der Waals surface area (Å²) in [7, 11) is 0. The van der Waals surface area contributed by atoms with Gasteiger partial charge in [0.15, 0.2) is 5.69 Å². The van der Waals surface area contributed by atoms with Crippen molar-refractivity contribution in [2.45, 2.75) is 91.5 Å². The van der Waals surface area contributed by atoms with Crippen LogP contribution in [0.25, 0.3) is 0 Å². The molecule has 1 aliphatic heterocycles. The fourth-order valence-electron chi connectivity index (χ4n) is 5.17. The van der Waals surface area contributed by atoms with Gasteiger partial charge in [-0.1, -0.05) is 15.9 Å². The van der Waals surface area contributed by atoms with Gasteiger partial charge in [0, 0.05) is 17.6 Å². The second kappa shape index (κ2) is 13.7. The Kier molecular flexibility index (Phi) is 10.8. The molecule has 1 aliphatic rings. The molecule has 1 aromatic carbocycles. The third-order valence-corrected chi connectivity index (χ3v) is 7.46. The van der Waals surface area contributed by atoms with Gasteiger partial charge in [0.25, 0.3) is 0 Å². The summed E-state index contributed by atoms with van der Waals surface area (Å²) in [6, 6.07) is 3.07. The maximum atomic E-state index is 14.5. The Morgan fingerprint density at radius 1 is 1.07 bits per heavy atom. The number of benzene rings is 1. The minimum Gasteiger partial charge on any atom is -0.461 e. The largest absolute Gasteiger partial charge is 0.461 e. The van der Waals surface area contributed by atoms with Crippen molar-refractivity contribution in [2.75, 3.05) is 29.9 Å². The number of rotatable bonds is 8. The van der Waals surface area contributed by atoms with E-state index in [1.807, 2.05) is 11.8 Å². The van der Waals surface area contributed by atoms with Crippen molar-refractivity contribution in [1.82, 2.24) is 9.88 Å². The number of anilines is 2. The smallest absolute Gasteiger partial charge is 0.408 e. The van der Waals surface area contributed by atoms with Crippen LogP contribution in [0.15, 0.2) is 22.7 Å². The number of carbonyl (C=O) groups is 4. The Bertz CT molecular complexity index is 1460. The van der Waals surface area contributed by atoms with Crippen LogP contribution in [-0.4, -0.2) is 65.1 Å². The molecule has 14 heteroatoms. The van der Waals surface area contributed by atoms with Gasteiger partial charge in [0.05, 0.1) is 24.4 Å². The third kappa shape index (κ3) is 9.35. The van der Waals surface area contributed by atoms with E-state index in [0.717, 1.165) is 0 Å². The first-order valence-corrected chi connectivity index (χ1v) is 15.5. The SMILES string of the molecule is CCOC(=O)c1c(NC(N)=O)c(C(=O)OC(C)(C)C)c(N2CCC[C@@](C)(NC(=O)OC(C)(C)C)C2)n1Cc1cc(F)ccc1Br. The second-order valence-electron chi connectivity index (χ2n) is 13.2. The zero-order valence-corrected chi connectivity index (χ0v) is 28.6. The second-order valence-corrected chi connectivity index (χ2v) is 14.0. The Morgan fingerprint density at radius 3 is 2.29 bits per heavy atom. The molecule has 1 fully saturated rings. The first-order chi connectivity index (χ1) is 20.7. The number of piperidine rings is 1. The summed E-state index contributed by atoms with van der Waals surface area (Å²) < 4.78 is 33.1. The van der Waals surface area contributed by atoms with Crippen molar-refractivity contribution in [3.63, 3.8) is 0 Å². The lowest BCUT2D eigenvalue weighted by molar-refractivity contribution is 0.00703. The number of nitrogens with two attached hydrogens (primary N) is 1. The van der Waals surface area contributed by atoms with Crippen molar-refractivity contribution in [2.24, 2.45) is 5.73 Å². The number of esters is 2. The number of nitrogens with zero attached hydrogens (tertiary/aromatic N) is 2. The predicted molar refractivity (Wildman–Crippen MR) is 171 cm³/mol. The number of hydrogen-bond donors (Lipinski definition) is 3. The molecule has 1 saturated heterocycles. The van der Waals surface area contributed by atoms with Gasteiger partial charge in [0.2, 0.25) is 0 Å². The molecule has 2 aromatic rings. The maximum Gasteiger partial charge on any atom is 0.408 e. The minimum absolute atomic E-state index is 0.0115. The molecular weight excluding hydrogens is 653 g/mol. The lowest BCUT2D eigenvalue weighted by atomic mass is 9.91. The number of ether oxygens (including phenoxy) is 3. The molecule has 0 saturated carbocycles. The molecule has 3 amide bonds. The number of carbonyl (C=O) groups excluding carboxylic acids is 4. The normalized spacial score (nSPS) is 17.0. The van der Waals surface area contributed by atoms with Gasteiger partial charge in [-0.25, -0.2) is 23.6 Å². The van der Waals surface area contributed by atoms with Crippen LogP contribution in [0, 0.1) is 5.82 Å². The van der Waals surface area contributed by atoms with Crippen LogP contribution < -0.4 is 21.3 Å². The van der Waals surface area contributed by atoms with Crippen LogP contribution in [-0.2, 0) is 20.8 Å². The molecule has 2 heterocycles. The molecule has 45 heavy (non-hydrogen) atoms. The van der Waals surface area contributed by atoms with Crippen molar-refractivity contribution < 1.29 is 37.8 Å². The third-order valence-electron chi connectivity index (χ3n) is 6.69. The standard InChI is InChI=1S/C31H43BrFN5O7/c1-9-43-26(40)23-22(35-27(34)41)21(25(39)44-29(2,3)4)24(38(23)16-18-15-19(33)11-12-20(18)32)37-14-10-13-31(8,17-37)36-28(42)45-30(5,6)7/h11-12,15H,9-10,13-14,16-17H2,1-8H3,(H,36,42)(H3,34,35,41)/t31-/m1/s1. The zero-order chi connectivity index (χ0) is 33.9. The molecule has 1 atom stereocenters. The Hall–Kier alpha value is -3.81. The molecule has 12 nitrogen and oxygen atoms in total. The van der Waals surface area contributed by atoms with Gasteiger partial charge < -0.3 is 40.0 Å². The quantitative estimate of drug-likeness (QED) is 0.226. The lowest BCUT2D eigenvalue weighted by Crippen LogP contribution is -2.58. The average Bonchev–Trinajstić information content (AvgIpc) is 3.16. The number of halogens is 2. The monoisotopic (exact) mass is 695 g/mol. The summed E-state index contributed by atoms with van der Waals surface area (Å²) in [6.45, 7) is 14.2. The number of urea groups is 1. The lowest BCUT2D eigenvalue weighted by Gasteiger charge is -2.42. The van der Waals surface area contributed by atoms with Gasteiger partial charge in [-0.3, -0.25) is 0 Å². The summed E-state index contributed by atoms with van der Waals surface area (Å²) in [5.74, 6) is -2.01. The predicted octanol–water partition coefficient (Wildman–Crippen LogP) is 5.94. The van der Waals surface area contributed by atoms with Gasteiger partial charge in [-0.15, -0.1) is 0 Å². The summed E-state index contributed by atoms with van der Waals surface area (Å²) in [5, 5.41) is 5.41. The fraction of sp³-hybridized carbons (Fsp3) is 0.548. The Morgan fingerprint density at radius 2 is 1.71 bits per heavy atom. The van der Waals surface area contributed by atoms with E-state index in [9.17, 15) is 23.6 Å². The highest BCUT2D eigenvalue weighted by molar-refractivity contribution is 9.10. The number of alkyl carbamates (subject to hydrolysis) is 1. The highest BCUT2D eigenvalue weighted by Crippen LogP contribution is 2.40. The number of amides is 3. The van der Waals surface area contributed by atoms with Gasteiger partial charge in [0.1, 0.15) is 28.4 Å². The number of hydrogen-bond acceptors (Lipinski definition) is 8. The van der Waals surface area contributed by atoms with Gasteiger partial charge in [-0.2, -0.15) is 0 Å². The first-order valence-electron chi connectivity index (χ1n) is 14.7. The van der Waals surface area contributed by atoms with Gasteiger partial charge in [-0.05, 0) is 92.0 Å². The van der Waals surface area contributed by atoms with E-state index in [0.29, 0.717) is 29.4 Å². The number of nitrogens with one attached hydrogen (secondary N) is 2. The van der Waals surface area contributed by atoms with Crippen molar-refractivity contribution in [3.05, 3.63) is 45.3 Å². The number of primary amides is 1. The van der Waals surface area contributed by atoms with Crippen LogP contribution in [0.1, 0.15) is 94.6 Å². The van der Waals surface area contributed by atoms with Crippen molar-refractivity contribution in [1.29, 1.82) is 0 Å². The molecule has 0 unspecified atom stereocenters. The molecular formula is C31H43BrFN5O7. The van der Waals surface area contributed by atoms with E-state index >= 15 is 0 Å². The maximum absolute atomic E-state index is 14.5. The summed E-state index contributed by atoms with van der Waals surface area (Å²) >= 11 is 3.45. The van der Waals surface area contributed by atoms with E-state index < -0.39 is 46.6 Å². The van der Waals surface area contributed by atoms with E-state index in [2.05, 4.69) is 26.6 Å².